The summed E-state index contributed by atoms with van der Waals surface area (Å²) in [5.41, 5.74) is 1.26. The highest BCUT2D eigenvalue weighted by atomic mass is 16.3. The molecule has 0 heterocycles. The standard InChI is InChI=1S/C18H28N2O2/c1-13(2)20(12-14(3)21)18(22)19-17(16-9-10-16)11-15-7-5-4-6-8-15/h4-8,13-14,16-17,21H,9-12H2,1-3H3,(H,19,22). The zero-order valence-corrected chi connectivity index (χ0v) is 13.8. The number of nitrogens with one attached hydrogen (secondary N) is 1. The highest BCUT2D eigenvalue weighted by Crippen LogP contribution is 2.34. The largest absolute Gasteiger partial charge is 0.392 e. The molecule has 4 heteroatoms. The molecule has 1 fully saturated rings. The van der Waals surface area contributed by atoms with Crippen LogP contribution in [-0.4, -0.2) is 40.8 Å². The second kappa shape index (κ2) is 7.63. The van der Waals surface area contributed by atoms with E-state index in [2.05, 4.69) is 17.4 Å². The third-order valence-corrected chi connectivity index (χ3v) is 4.14. The van der Waals surface area contributed by atoms with Crippen molar-refractivity contribution in [3.63, 3.8) is 0 Å². The number of carbonyl (C=O) groups excluding carboxylic acids is 1. The topological polar surface area (TPSA) is 52.6 Å². The molecule has 1 aromatic carbocycles. The van der Waals surface area contributed by atoms with Crippen molar-refractivity contribution in [2.24, 2.45) is 5.92 Å². The predicted octanol–water partition coefficient (Wildman–Crippen LogP) is 2.81. The summed E-state index contributed by atoms with van der Waals surface area (Å²) in [6, 6.07) is 10.5. The van der Waals surface area contributed by atoms with Gasteiger partial charge in [-0.05, 0) is 51.5 Å². The summed E-state index contributed by atoms with van der Waals surface area (Å²) in [5.74, 6) is 0.588. The minimum absolute atomic E-state index is 0.0660. The fourth-order valence-corrected chi connectivity index (χ4v) is 2.76. The van der Waals surface area contributed by atoms with Gasteiger partial charge in [-0.25, -0.2) is 4.79 Å². The molecule has 0 bridgehead atoms. The van der Waals surface area contributed by atoms with E-state index in [1.807, 2.05) is 32.0 Å². The predicted molar refractivity (Wildman–Crippen MR) is 88.7 cm³/mol. The number of aliphatic hydroxyl groups excluding tert-OH is 1. The first-order chi connectivity index (χ1) is 10.5. The van der Waals surface area contributed by atoms with Gasteiger partial charge in [0.15, 0.2) is 0 Å². The Hall–Kier alpha value is -1.55. The van der Waals surface area contributed by atoms with Gasteiger partial charge >= 0.3 is 6.03 Å². The molecular formula is C18H28N2O2. The van der Waals surface area contributed by atoms with Crippen LogP contribution in [0.3, 0.4) is 0 Å². The van der Waals surface area contributed by atoms with Crippen molar-refractivity contribution >= 4 is 6.03 Å². The summed E-state index contributed by atoms with van der Waals surface area (Å²) < 4.78 is 0. The van der Waals surface area contributed by atoms with Crippen LogP contribution < -0.4 is 5.32 Å². The van der Waals surface area contributed by atoms with Crippen LogP contribution in [0.1, 0.15) is 39.2 Å². The number of rotatable bonds is 7. The molecular weight excluding hydrogens is 276 g/mol. The zero-order valence-electron chi connectivity index (χ0n) is 13.8. The lowest BCUT2D eigenvalue weighted by Gasteiger charge is -2.30. The maximum Gasteiger partial charge on any atom is 0.317 e. The summed E-state index contributed by atoms with van der Waals surface area (Å²) in [5, 5.41) is 12.8. The van der Waals surface area contributed by atoms with Crippen molar-refractivity contribution in [3.8, 4) is 0 Å². The van der Waals surface area contributed by atoms with Gasteiger partial charge in [-0.3, -0.25) is 0 Å². The lowest BCUT2D eigenvalue weighted by molar-refractivity contribution is 0.117. The van der Waals surface area contributed by atoms with Crippen LogP contribution in [0.5, 0.6) is 0 Å². The average molecular weight is 304 g/mol. The summed E-state index contributed by atoms with van der Waals surface area (Å²) >= 11 is 0. The molecule has 22 heavy (non-hydrogen) atoms. The molecule has 122 valence electrons. The Balaban J connectivity index is 1.99. The van der Waals surface area contributed by atoms with Crippen LogP contribution in [0.15, 0.2) is 30.3 Å². The first-order valence-corrected chi connectivity index (χ1v) is 8.26. The minimum Gasteiger partial charge on any atom is -0.392 e. The Bertz CT molecular complexity index is 469. The molecule has 0 saturated heterocycles. The van der Waals surface area contributed by atoms with Gasteiger partial charge in [-0.15, -0.1) is 0 Å². The zero-order chi connectivity index (χ0) is 16.1. The molecule has 0 spiro atoms. The van der Waals surface area contributed by atoms with Crippen molar-refractivity contribution in [1.82, 2.24) is 10.2 Å². The Labute approximate surface area is 133 Å². The SMILES string of the molecule is CC(O)CN(C(=O)NC(Cc1ccccc1)C1CC1)C(C)C. The third-order valence-electron chi connectivity index (χ3n) is 4.14. The highest BCUT2D eigenvalue weighted by molar-refractivity contribution is 5.75. The van der Waals surface area contributed by atoms with E-state index in [0.29, 0.717) is 12.5 Å². The molecule has 1 aliphatic carbocycles. The lowest BCUT2D eigenvalue weighted by atomic mass is 10.0. The second-order valence-corrected chi connectivity index (χ2v) is 6.68. The van der Waals surface area contributed by atoms with Crippen LogP contribution in [0.25, 0.3) is 0 Å². The number of benzene rings is 1. The van der Waals surface area contributed by atoms with Crippen molar-refractivity contribution in [1.29, 1.82) is 0 Å². The number of hydrogen-bond donors (Lipinski definition) is 2. The van der Waals surface area contributed by atoms with Gasteiger partial charge in [0.25, 0.3) is 0 Å². The Morgan fingerprint density at radius 2 is 1.91 bits per heavy atom. The third kappa shape index (κ3) is 5.02. The number of carbonyl (C=O) groups is 1. The summed E-state index contributed by atoms with van der Waals surface area (Å²) in [4.78, 5) is 14.3. The second-order valence-electron chi connectivity index (χ2n) is 6.68. The molecule has 0 aromatic heterocycles. The molecule has 0 radical (unpaired) electrons. The van der Waals surface area contributed by atoms with E-state index in [9.17, 15) is 9.90 Å². The van der Waals surface area contributed by atoms with Crippen molar-refractivity contribution in [3.05, 3.63) is 35.9 Å². The molecule has 2 atom stereocenters. The van der Waals surface area contributed by atoms with Crippen molar-refractivity contribution in [2.45, 2.75) is 58.2 Å². The molecule has 2 amide bonds. The Morgan fingerprint density at radius 3 is 2.41 bits per heavy atom. The van der Waals surface area contributed by atoms with Gasteiger partial charge in [-0.2, -0.15) is 0 Å². The monoisotopic (exact) mass is 304 g/mol. The molecule has 1 aliphatic rings. The maximum absolute atomic E-state index is 12.6. The number of urea groups is 1. The van der Waals surface area contributed by atoms with E-state index >= 15 is 0 Å². The molecule has 1 saturated carbocycles. The van der Waals surface area contributed by atoms with Crippen molar-refractivity contribution in [2.75, 3.05) is 6.54 Å². The summed E-state index contributed by atoms with van der Waals surface area (Å²) in [7, 11) is 0. The molecule has 0 aliphatic heterocycles. The first kappa shape index (κ1) is 16.8. The smallest absolute Gasteiger partial charge is 0.317 e. The van der Waals surface area contributed by atoms with Gasteiger partial charge in [-0.1, -0.05) is 30.3 Å². The fourth-order valence-electron chi connectivity index (χ4n) is 2.76. The Kier molecular flexibility index (Phi) is 5.83. The van der Waals surface area contributed by atoms with Gasteiger partial charge in [0.05, 0.1) is 6.10 Å². The molecule has 2 N–H and O–H groups in total. The van der Waals surface area contributed by atoms with Crippen LogP contribution >= 0.6 is 0 Å². The number of nitrogens with zero attached hydrogens (tertiary/aromatic N) is 1. The average Bonchev–Trinajstić information content (AvgIpc) is 3.29. The van der Waals surface area contributed by atoms with E-state index in [1.54, 1.807) is 11.8 Å². The van der Waals surface area contributed by atoms with E-state index in [-0.39, 0.29) is 18.1 Å². The lowest BCUT2D eigenvalue weighted by Crippen LogP contribution is -2.51. The maximum atomic E-state index is 12.6. The van der Waals surface area contributed by atoms with E-state index < -0.39 is 6.10 Å². The molecule has 4 nitrogen and oxygen atoms in total. The van der Waals surface area contributed by atoms with E-state index in [4.69, 9.17) is 0 Å². The quantitative estimate of drug-likeness (QED) is 0.814. The number of hydrogen-bond acceptors (Lipinski definition) is 2. The van der Waals surface area contributed by atoms with Crippen LogP contribution in [0.2, 0.25) is 0 Å². The van der Waals surface area contributed by atoms with Crippen LogP contribution in [0.4, 0.5) is 4.79 Å². The van der Waals surface area contributed by atoms with Crippen LogP contribution in [-0.2, 0) is 6.42 Å². The fraction of sp³-hybridized carbons (Fsp3) is 0.611. The van der Waals surface area contributed by atoms with Gasteiger partial charge in [0.2, 0.25) is 0 Å². The van der Waals surface area contributed by atoms with Gasteiger partial charge in [0.1, 0.15) is 0 Å². The molecule has 2 rings (SSSR count). The van der Waals surface area contributed by atoms with Crippen LogP contribution in [0, 0.1) is 5.92 Å². The number of aliphatic hydroxyl groups is 1. The first-order valence-electron chi connectivity index (χ1n) is 8.26. The number of amides is 2. The highest BCUT2D eigenvalue weighted by Gasteiger charge is 2.33. The van der Waals surface area contributed by atoms with E-state index in [0.717, 1.165) is 6.42 Å². The van der Waals surface area contributed by atoms with Gasteiger partial charge < -0.3 is 15.3 Å². The Morgan fingerprint density at radius 1 is 1.27 bits per heavy atom. The van der Waals surface area contributed by atoms with Gasteiger partial charge in [0, 0.05) is 18.6 Å². The normalized spacial score (nSPS) is 17.1. The minimum atomic E-state index is -0.512. The van der Waals surface area contributed by atoms with Crippen molar-refractivity contribution < 1.29 is 9.90 Å². The summed E-state index contributed by atoms with van der Waals surface area (Å²) in [6.07, 6.45) is 2.74. The molecule has 1 aromatic rings. The summed E-state index contributed by atoms with van der Waals surface area (Å²) in [6.45, 7) is 6.04. The van der Waals surface area contributed by atoms with E-state index in [1.165, 1.54) is 18.4 Å². The molecule has 2 unspecified atom stereocenters.